The van der Waals surface area contributed by atoms with E-state index in [1.54, 1.807) is 13.1 Å². The Hall–Kier alpha value is -1.44. The Bertz CT molecular complexity index is 405. The van der Waals surface area contributed by atoms with Crippen molar-refractivity contribution < 1.29 is 4.79 Å². The van der Waals surface area contributed by atoms with Gasteiger partial charge >= 0.3 is 0 Å². The summed E-state index contributed by atoms with van der Waals surface area (Å²) in [6.45, 7) is 3.64. The predicted molar refractivity (Wildman–Crippen MR) is 51.6 cm³/mol. The third-order valence-corrected chi connectivity index (χ3v) is 2.26. The molecule has 0 N–H and O–H groups in total. The van der Waals surface area contributed by atoms with Crippen molar-refractivity contribution in [3.63, 3.8) is 0 Å². The Balaban J connectivity index is 2.49. The molecule has 1 aromatic heterocycles. The Morgan fingerprint density at radius 1 is 1.54 bits per heavy atom. The molecule has 0 unspecified atom stereocenters. The second-order valence-corrected chi connectivity index (χ2v) is 3.48. The predicted octanol–water partition coefficient (Wildman–Crippen LogP) is 2.24. The molecule has 1 heterocycles. The molecule has 1 aliphatic rings. The van der Waals surface area contributed by atoms with E-state index in [0.29, 0.717) is 5.56 Å². The van der Waals surface area contributed by atoms with Crippen molar-refractivity contribution in [2.75, 3.05) is 0 Å². The Morgan fingerprint density at radius 3 is 3.00 bits per heavy atom. The van der Waals surface area contributed by atoms with Crippen molar-refractivity contribution in [1.82, 2.24) is 4.98 Å². The summed E-state index contributed by atoms with van der Waals surface area (Å²) in [5.41, 5.74) is 4.20. The van der Waals surface area contributed by atoms with Gasteiger partial charge in [0.1, 0.15) is 0 Å². The molecule has 13 heavy (non-hydrogen) atoms. The van der Waals surface area contributed by atoms with E-state index in [4.69, 9.17) is 0 Å². The van der Waals surface area contributed by atoms with Crippen LogP contribution in [0.3, 0.4) is 0 Å². The van der Waals surface area contributed by atoms with Gasteiger partial charge in [0.05, 0.1) is 5.69 Å². The number of rotatable bonds is 1. The SMILES string of the molecule is CC(=O)c1cnc2c(c1)C=C(C)C2. The Labute approximate surface area is 77.3 Å². The molecule has 2 nitrogen and oxygen atoms in total. The molecule has 0 aromatic carbocycles. The number of carbonyl (C=O) groups excluding carboxylic acids is 1. The molecule has 0 saturated heterocycles. The molecule has 0 spiro atoms. The summed E-state index contributed by atoms with van der Waals surface area (Å²) in [4.78, 5) is 15.3. The summed E-state index contributed by atoms with van der Waals surface area (Å²) in [6, 6.07) is 1.92. The van der Waals surface area contributed by atoms with Crippen LogP contribution in [0.15, 0.2) is 17.8 Å². The smallest absolute Gasteiger partial charge is 0.161 e. The first kappa shape index (κ1) is 8.17. The monoisotopic (exact) mass is 173 g/mol. The molecule has 0 atom stereocenters. The molecule has 66 valence electrons. The van der Waals surface area contributed by atoms with Gasteiger partial charge in [-0.25, -0.2) is 0 Å². The third-order valence-electron chi connectivity index (χ3n) is 2.26. The van der Waals surface area contributed by atoms with E-state index in [1.807, 2.05) is 6.07 Å². The fourth-order valence-electron chi connectivity index (χ4n) is 1.56. The fourth-order valence-corrected chi connectivity index (χ4v) is 1.56. The molecule has 0 radical (unpaired) electrons. The summed E-state index contributed by atoms with van der Waals surface area (Å²) < 4.78 is 0. The lowest BCUT2D eigenvalue weighted by atomic mass is 10.1. The summed E-state index contributed by atoms with van der Waals surface area (Å²) in [6.07, 6.45) is 4.68. The molecule has 1 aliphatic carbocycles. The minimum Gasteiger partial charge on any atom is -0.294 e. The molecule has 2 heteroatoms. The maximum Gasteiger partial charge on any atom is 0.161 e. The molecule has 1 aromatic rings. The third kappa shape index (κ3) is 1.39. The standard InChI is InChI=1S/C11H11NO/c1-7-3-9-5-10(8(2)13)6-12-11(9)4-7/h3,5-6H,4H2,1-2H3. The van der Waals surface area contributed by atoms with Gasteiger partial charge in [-0.1, -0.05) is 11.6 Å². The number of ketones is 1. The number of Topliss-reactive ketones (excluding diaryl/α,β-unsaturated/α-hetero) is 1. The lowest BCUT2D eigenvalue weighted by Crippen LogP contribution is -1.96. The maximum atomic E-state index is 11.1. The van der Waals surface area contributed by atoms with Gasteiger partial charge in [0.15, 0.2) is 5.78 Å². The molecule has 0 saturated carbocycles. The van der Waals surface area contributed by atoms with Gasteiger partial charge in [-0.2, -0.15) is 0 Å². The zero-order valence-corrected chi connectivity index (χ0v) is 7.79. The Kier molecular flexibility index (Phi) is 1.76. The highest BCUT2D eigenvalue weighted by Crippen LogP contribution is 2.23. The maximum absolute atomic E-state index is 11.1. The van der Waals surface area contributed by atoms with E-state index in [1.165, 1.54) is 5.57 Å². The summed E-state index contributed by atoms with van der Waals surface area (Å²) in [5.74, 6) is 0.0771. The average Bonchev–Trinajstić information content (AvgIpc) is 2.42. The van der Waals surface area contributed by atoms with Crippen LogP contribution in [-0.2, 0) is 6.42 Å². The van der Waals surface area contributed by atoms with Crippen molar-refractivity contribution in [1.29, 1.82) is 0 Å². The van der Waals surface area contributed by atoms with E-state index in [0.717, 1.165) is 17.7 Å². The van der Waals surface area contributed by atoms with Gasteiger partial charge in [0, 0.05) is 18.2 Å². The lowest BCUT2D eigenvalue weighted by molar-refractivity contribution is 0.101. The summed E-state index contributed by atoms with van der Waals surface area (Å²) in [5, 5.41) is 0. The second kappa shape index (κ2) is 2.80. The molecular formula is C11H11NO. The largest absolute Gasteiger partial charge is 0.294 e. The summed E-state index contributed by atoms with van der Waals surface area (Å²) in [7, 11) is 0. The van der Waals surface area contributed by atoms with Gasteiger partial charge in [-0.05, 0) is 25.5 Å². The number of allylic oxidation sites excluding steroid dienone is 1. The zero-order valence-electron chi connectivity index (χ0n) is 7.79. The summed E-state index contributed by atoms with van der Waals surface area (Å²) >= 11 is 0. The van der Waals surface area contributed by atoms with Crippen molar-refractivity contribution in [3.05, 3.63) is 34.7 Å². The van der Waals surface area contributed by atoms with Gasteiger partial charge < -0.3 is 0 Å². The van der Waals surface area contributed by atoms with Gasteiger partial charge in [-0.3, -0.25) is 9.78 Å². The van der Waals surface area contributed by atoms with Gasteiger partial charge in [0.25, 0.3) is 0 Å². The minimum absolute atomic E-state index is 0.0771. The van der Waals surface area contributed by atoms with Crippen LogP contribution in [0.4, 0.5) is 0 Å². The molecular weight excluding hydrogens is 162 g/mol. The number of fused-ring (bicyclic) bond motifs is 1. The highest BCUT2D eigenvalue weighted by molar-refractivity contribution is 5.94. The number of carbonyl (C=O) groups is 1. The van der Waals surface area contributed by atoms with E-state index in [2.05, 4.69) is 18.0 Å². The lowest BCUT2D eigenvalue weighted by Gasteiger charge is -1.99. The van der Waals surface area contributed by atoms with Crippen LogP contribution < -0.4 is 0 Å². The first-order valence-electron chi connectivity index (χ1n) is 4.34. The second-order valence-electron chi connectivity index (χ2n) is 3.48. The quantitative estimate of drug-likeness (QED) is 0.609. The molecule has 0 fully saturated rings. The highest BCUT2D eigenvalue weighted by Gasteiger charge is 2.12. The van der Waals surface area contributed by atoms with Crippen LogP contribution in [0.2, 0.25) is 0 Å². The zero-order chi connectivity index (χ0) is 9.42. The topological polar surface area (TPSA) is 30.0 Å². The number of nitrogens with zero attached hydrogens (tertiary/aromatic N) is 1. The molecule has 0 amide bonds. The average molecular weight is 173 g/mol. The minimum atomic E-state index is 0.0771. The number of hydrogen-bond acceptors (Lipinski definition) is 2. The van der Waals surface area contributed by atoms with E-state index >= 15 is 0 Å². The number of pyridine rings is 1. The normalized spacial score (nSPS) is 13.8. The van der Waals surface area contributed by atoms with Crippen molar-refractivity contribution in [3.8, 4) is 0 Å². The van der Waals surface area contributed by atoms with E-state index < -0.39 is 0 Å². The number of aromatic nitrogens is 1. The van der Waals surface area contributed by atoms with Crippen LogP contribution in [0, 0.1) is 0 Å². The van der Waals surface area contributed by atoms with Crippen LogP contribution in [0.1, 0.15) is 35.5 Å². The van der Waals surface area contributed by atoms with Gasteiger partial charge in [0.2, 0.25) is 0 Å². The molecule has 0 aliphatic heterocycles. The van der Waals surface area contributed by atoms with E-state index in [9.17, 15) is 4.79 Å². The highest BCUT2D eigenvalue weighted by atomic mass is 16.1. The molecule has 0 bridgehead atoms. The van der Waals surface area contributed by atoms with Crippen LogP contribution >= 0.6 is 0 Å². The van der Waals surface area contributed by atoms with Crippen molar-refractivity contribution in [2.45, 2.75) is 20.3 Å². The Morgan fingerprint density at radius 2 is 2.31 bits per heavy atom. The van der Waals surface area contributed by atoms with Crippen molar-refractivity contribution >= 4 is 11.9 Å². The first-order chi connectivity index (χ1) is 6.16. The van der Waals surface area contributed by atoms with Crippen LogP contribution in [-0.4, -0.2) is 10.8 Å². The van der Waals surface area contributed by atoms with Crippen LogP contribution in [0.5, 0.6) is 0 Å². The van der Waals surface area contributed by atoms with Crippen molar-refractivity contribution in [2.24, 2.45) is 0 Å². The first-order valence-corrected chi connectivity index (χ1v) is 4.34. The molecule has 2 rings (SSSR count). The number of hydrogen-bond donors (Lipinski definition) is 0. The van der Waals surface area contributed by atoms with Gasteiger partial charge in [-0.15, -0.1) is 0 Å². The van der Waals surface area contributed by atoms with Crippen LogP contribution in [0.25, 0.3) is 6.08 Å². The fraction of sp³-hybridized carbons (Fsp3) is 0.273. The van der Waals surface area contributed by atoms with E-state index in [-0.39, 0.29) is 5.78 Å².